The Hall–Kier alpha value is -4.74. The van der Waals surface area contributed by atoms with Crippen molar-refractivity contribution in [3.8, 4) is 5.75 Å². The monoisotopic (exact) mass is 592 g/mol. The molecule has 0 aliphatic heterocycles. The molecule has 4 aromatic carbocycles. The number of hydrogen-bond donors (Lipinski definition) is 1. The fraction of sp³-hybridized carbons (Fsp3) is 0.103. The third kappa shape index (κ3) is 7.68. The van der Waals surface area contributed by atoms with Crippen molar-refractivity contribution in [2.24, 2.45) is 5.10 Å². The first kappa shape index (κ1) is 29.2. The van der Waals surface area contributed by atoms with Crippen LogP contribution < -0.4 is 14.5 Å². The molecule has 0 saturated carbocycles. The molecule has 0 bridgehead atoms. The molecule has 0 atom stereocenters. The van der Waals surface area contributed by atoms with E-state index >= 15 is 0 Å². The van der Waals surface area contributed by atoms with Crippen LogP contribution in [0.3, 0.4) is 0 Å². The highest BCUT2D eigenvalue weighted by Gasteiger charge is 2.28. The van der Waals surface area contributed by atoms with Gasteiger partial charge in [-0.1, -0.05) is 41.4 Å². The van der Waals surface area contributed by atoms with Crippen LogP contribution in [0.2, 0.25) is 5.02 Å². The number of amides is 1. The van der Waals surface area contributed by atoms with Crippen molar-refractivity contribution in [1.82, 2.24) is 5.43 Å². The van der Waals surface area contributed by atoms with Gasteiger partial charge in [-0.05, 0) is 78.7 Å². The summed E-state index contributed by atoms with van der Waals surface area (Å²) < 4.78 is 33.6. The van der Waals surface area contributed by atoms with Crippen LogP contribution in [0.15, 0.2) is 107 Å². The van der Waals surface area contributed by atoms with Crippen molar-refractivity contribution in [3.63, 3.8) is 0 Å². The quantitative estimate of drug-likeness (QED) is 0.139. The topological polar surface area (TPSA) is 131 Å². The zero-order chi connectivity index (χ0) is 29.4. The first-order valence-corrected chi connectivity index (χ1v) is 14.1. The number of ether oxygens (including phenoxy) is 1. The smallest absolute Gasteiger partial charge is 0.269 e. The first-order valence-electron chi connectivity index (χ1n) is 12.3. The molecule has 0 saturated heterocycles. The van der Waals surface area contributed by atoms with Gasteiger partial charge in [0.2, 0.25) is 0 Å². The number of anilines is 1. The number of nitrogens with one attached hydrogen (secondary N) is 1. The molecule has 41 heavy (non-hydrogen) atoms. The average Bonchev–Trinajstić information content (AvgIpc) is 2.96. The second-order valence-corrected chi connectivity index (χ2v) is 11.1. The molecule has 1 N–H and O–H groups in total. The summed E-state index contributed by atoms with van der Waals surface area (Å²) in [5.41, 5.74) is 4.86. The first-order chi connectivity index (χ1) is 19.6. The zero-order valence-corrected chi connectivity index (χ0v) is 23.4. The van der Waals surface area contributed by atoms with Crippen molar-refractivity contribution < 1.29 is 22.9 Å². The maximum absolute atomic E-state index is 13.5. The number of nitro groups is 1. The summed E-state index contributed by atoms with van der Waals surface area (Å²) in [4.78, 5) is 23.1. The molecule has 0 heterocycles. The minimum absolute atomic E-state index is 0.00828. The van der Waals surface area contributed by atoms with Gasteiger partial charge < -0.3 is 4.74 Å². The Labute approximate surface area is 242 Å². The molecular formula is C29H25ClN4O6S. The molecule has 0 unspecified atom stereocenters. The van der Waals surface area contributed by atoms with Crippen molar-refractivity contribution in [1.29, 1.82) is 0 Å². The van der Waals surface area contributed by atoms with E-state index < -0.39 is 27.4 Å². The molecule has 4 rings (SSSR count). The highest BCUT2D eigenvalue weighted by Crippen LogP contribution is 2.30. The average molecular weight is 593 g/mol. The van der Waals surface area contributed by atoms with Crippen LogP contribution in [-0.4, -0.2) is 32.0 Å². The Morgan fingerprint density at radius 2 is 1.66 bits per heavy atom. The van der Waals surface area contributed by atoms with E-state index in [4.69, 9.17) is 16.3 Å². The van der Waals surface area contributed by atoms with E-state index in [1.807, 2.05) is 6.92 Å². The van der Waals surface area contributed by atoms with Crippen LogP contribution in [0.5, 0.6) is 5.75 Å². The van der Waals surface area contributed by atoms with E-state index in [1.165, 1.54) is 36.5 Å². The SMILES string of the molecule is Cc1ccc(S(=O)(=O)N(CC(=O)N/N=C/c2ccc(OCc3ccc([N+](=O)[O-])cc3)cc2)c2ccccc2Cl)cc1. The number of carbonyl (C=O) groups excluding carboxylic acids is 1. The highest BCUT2D eigenvalue weighted by atomic mass is 35.5. The molecule has 10 nitrogen and oxygen atoms in total. The predicted octanol–water partition coefficient (Wildman–Crippen LogP) is 5.48. The van der Waals surface area contributed by atoms with Gasteiger partial charge in [0.1, 0.15) is 18.9 Å². The molecule has 0 fully saturated rings. The number of nitro benzene ring substituents is 1. The number of hydrogen-bond acceptors (Lipinski definition) is 7. The minimum Gasteiger partial charge on any atom is -0.489 e. The van der Waals surface area contributed by atoms with Gasteiger partial charge in [0.15, 0.2) is 0 Å². The van der Waals surface area contributed by atoms with Gasteiger partial charge >= 0.3 is 0 Å². The van der Waals surface area contributed by atoms with Gasteiger partial charge in [0.25, 0.3) is 21.6 Å². The van der Waals surface area contributed by atoms with Gasteiger partial charge in [-0.2, -0.15) is 5.10 Å². The fourth-order valence-corrected chi connectivity index (χ4v) is 5.39. The summed E-state index contributed by atoms with van der Waals surface area (Å²) in [5.74, 6) is -0.0962. The number of para-hydroxylation sites is 1. The Kier molecular flexibility index (Phi) is 9.33. The largest absolute Gasteiger partial charge is 0.489 e. The molecule has 210 valence electrons. The number of sulfonamides is 1. The number of aryl methyl sites for hydroxylation is 1. The van der Waals surface area contributed by atoms with Gasteiger partial charge in [0.05, 0.1) is 26.7 Å². The third-order valence-electron chi connectivity index (χ3n) is 5.85. The fourth-order valence-electron chi connectivity index (χ4n) is 3.67. The van der Waals surface area contributed by atoms with E-state index in [2.05, 4.69) is 10.5 Å². The Balaban J connectivity index is 1.38. The van der Waals surface area contributed by atoms with E-state index in [0.717, 1.165) is 15.4 Å². The summed E-state index contributed by atoms with van der Waals surface area (Å²) >= 11 is 6.29. The van der Waals surface area contributed by atoms with Crippen LogP contribution in [0.25, 0.3) is 0 Å². The summed E-state index contributed by atoms with van der Waals surface area (Å²) in [5, 5.41) is 14.9. The van der Waals surface area contributed by atoms with Crippen LogP contribution in [0.4, 0.5) is 11.4 Å². The second kappa shape index (κ2) is 13.1. The Morgan fingerprint density at radius 1 is 1.00 bits per heavy atom. The van der Waals surface area contributed by atoms with E-state index in [9.17, 15) is 23.3 Å². The summed E-state index contributed by atoms with van der Waals surface area (Å²) in [6, 6.07) is 25.6. The summed E-state index contributed by atoms with van der Waals surface area (Å²) in [6.45, 7) is 1.53. The van der Waals surface area contributed by atoms with Gasteiger partial charge in [-0.15, -0.1) is 0 Å². The van der Waals surface area contributed by atoms with Crippen molar-refractivity contribution in [3.05, 3.63) is 129 Å². The zero-order valence-electron chi connectivity index (χ0n) is 21.8. The molecule has 0 spiro atoms. The van der Waals surface area contributed by atoms with E-state index in [1.54, 1.807) is 66.7 Å². The van der Waals surface area contributed by atoms with E-state index in [0.29, 0.717) is 11.3 Å². The lowest BCUT2D eigenvalue weighted by Crippen LogP contribution is -2.39. The van der Waals surface area contributed by atoms with Gasteiger partial charge in [-0.3, -0.25) is 19.2 Å². The lowest BCUT2D eigenvalue weighted by molar-refractivity contribution is -0.384. The molecule has 4 aromatic rings. The number of nitrogens with zero attached hydrogens (tertiary/aromatic N) is 3. The predicted molar refractivity (Wildman–Crippen MR) is 157 cm³/mol. The number of benzene rings is 4. The van der Waals surface area contributed by atoms with E-state index in [-0.39, 0.29) is 27.9 Å². The number of carbonyl (C=O) groups is 1. The number of hydrazone groups is 1. The highest BCUT2D eigenvalue weighted by molar-refractivity contribution is 7.92. The van der Waals surface area contributed by atoms with Crippen LogP contribution >= 0.6 is 11.6 Å². The van der Waals surface area contributed by atoms with Gasteiger partial charge in [-0.25, -0.2) is 13.8 Å². The maximum Gasteiger partial charge on any atom is 0.269 e. The Bertz CT molecular complexity index is 1660. The molecule has 0 aromatic heterocycles. The van der Waals surface area contributed by atoms with Crippen molar-refractivity contribution in [2.75, 3.05) is 10.8 Å². The molecule has 12 heteroatoms. The van der Waals surface area contributed by atoms with Crippen LogP contribution in [0, 0.1) is 17.0 Å². The van der Waals surface area contributed by atoms with Crippen LogP contribution in [-0.2, 0) is 21.4 Å². The molecule has 1 amide bonds. The Morgan fingerprint density at radius 3 is 2.29 bits per heavy atom. The second-order valence-electron chi connectivity index (χ2n) is 8.85. The molecule has 0 aliphatic carbocycles. The molecule has 0 radical (unpaired) electrons. The normalized spacial score (nSPS) is 11.3. The standard InChI is InChI=1S/C29H25ClN4O6S/c1-21-6-16-26(17-7-21)41(38,39)33(28-5-3-2-4-27(28)30)19-29(35)32-31-18-22-10-14-25(15-11-22)40-20-23-8-12-24(13-9-23)34(36)37/h2-18H,19-20H2,1H3,(H,32,35)/b31-18+. The van der Waals surface area contributed by atoms with Gasteiger partial charge in [0, 0.05) is 12.1 Å². The van der Waals surface area contributed by atoms with Crippen molar-refractivity contribution >= 4 is 45.1 Å². The summed E-state index contributed by atoms with van der Waals surface area (Å²) in [7, 11) is -4.11. The number of non-ortho nitro benzene ring substituents is 1. The number of rotatable bonds is 11. The van der Waals surface area contributed by atoms with Crippen molar-refractivity contribution in [2.45, 2.75) is 18.4 Å². The molecular weight excluding hydrogens is 568 g/mol. The maximum atomic E-state index is 13.5. The summed E-state index contributed by atoms with van der Waals surface area (Å²) in [6.07, 6.45) is 1.41. The third-order valence-corrected chi connectivity index (χ3v) is 7.95. The minimum atomic E-state index is -4.11. The lowest BCUT2D eigenvalue weighted by Gasteiger charge is -2.24. The lowest BCUT2D eigenvalue weighted by atomic mass is 10.2. The number of halogens is 1. The van der Waals surface area contributed by atoms with Crippen LogP contribution in [0.1, 0.15) is 16.7 Å². The molecule has 0 aliphatic rings.